The van der Waals surface area contributed by atoms with Crippen LogP contribution in [-0.4, -0.2) is 40.5 Å². The van der Waals surface area contributed by atoms with Gasteiger partial charge in [-0.3, -0.25) is 14.5 Å². The Morgan fingerprint density at radius 1 is 1.15 bits per heavy atom. The molecule has 1 saturated heterocycles. The molecule has 2 aromatic heterocycles. The van der Waals surface area contributed by atoms with Gasteiger partial charge in [0.15, 0.2) is 5.76 Å². The lowest BCUT2D eigenvalue weighted by Crippen LogP contribution is -2.53. The number of hydrogen-bond acceptors (Lipinski definition) is 4. The van der Waals surface area contributed by atoms with Crippen LogP contribution >= 0.6 is 0 Å². The minimum atomic E-state index is -0.221. The number of nitrogens with zero attached hydrogens (tertiary/aromatic N) is 2. The summed E-state index contributed by atoms with van der Waals surface area (Å²) in [4.78, 5) is 26.6. The first kappa shape index (κ1) is 18.5. The number of carbonyl (C=O) groups is 1. The summed E-state index contributed by atoms with van der Waals surface area (Å²) in [6.45, 7) is 7.37. The maximum absolute atomic E-state index is 12.4. The van der Waals surface area contributed by atoms with Crippen LogP contribution in [0.3, 0.4) is 0 Å². The molecule has 0 atom stereocenters. The number of carbonyl (C=O) groups excluding carboxylic acids is 1. The molecule has 0 saturated carbocycles. The smallest absolute Gasteiger partial charge is 0.287 e. The van der Waals surface area contributed by atoms with Crippen LogP contribution in [0.25, 0.3) is 0 Å². The van der Waals surface area contributed by atoms with Gasteiger partial charge < -0.3 is 14.3 Å². The molecule has 1 aliphatic heterocycles. The number of aromatic nitrogens is 1. The largest absolute Gasteiger partial charge is 0.454 e. The Kier molecular flexibility index (Phi) is 5.61. The van der Waals surface area contributed by atoms with Crippen LogP contribution in [0, 0.1) is 0 Å². The van der Waals surface area contributed by atoms with Crippen molar-refractivity contribution in [3.63, 3.8) is 0 Å². The topological polar surface area (TPSA) is 67.5 Å². The summed E-state index contributed by atoms with van der Waals surface area (Å²) in [5.74, 6) is 0.638. The molecule has 2 aromatic rings. The minimum absolute atomic E-state index is 0.0805. The SMILES string of the molecule is CC(C)(CNC(=O)c1ccc(Cn2ccccc2=O)o1)N1CCCCC1. The monoisotopic (exact) mass is 357 g/mol. The Morgan fingerprint density at radius 2 is 1.92 bits per heavy atom. The van der Waals surface area contributed by atoms with Gasteiger partial charge in [0.25, 0.3) is 11.5 Å². The second-order valence-corrected chi connectivity index (χ2v) is 7.48. The van der Waals surface area contributed by atoms with Gasteiger partial charge in [-0.25, -0.2) is 0 Å². The first-order valence-corrected chi connectivity index (χ1v) is 9.23. The predicted molar refractivity (Wildman–Crippen MR) is 100 cm³/mol. The van der Waals surface area contributed by atoms with E-state index in [0.717, 1.165) is 13.1 Å². The van der Waals surface area contributed by atoms with Crippen molar-refractivity contribution in [3.05, 3.63) is 58.4 Å². The van der Waals surface area contributed by atoms with Gasteiger partial charge in [0.05, 0.1) is 6.54 Å². The van der Waals surface area contributed by atoms with Crippen molar-refractivity contribution in [2.24, 2.45) is 0 Å². The van der Waals surface area contributed by atoms with Gasteiger partial charge in [-0.15, -0.1) is 0 Å². The van der Waals surface area contributed by atoms with E-state index < -0.39 is 0 Å². The van der Waals surface area contributed by atoms with Gasteiger partial charge in [-0.1, -0.05) is 12.5 Å². The van der Waals surface area contributed by atoms with E-state index in [2.05, 4.69) is 24.1 Å². The molecule has 1 amide bonds. The Balaban J connectivity index is 1.58. The standard InChI is InChI=1S/C20H27N3O3/c1-20(2,23-12-5-3-6-13-23)15-21-19(25)17-10-9-16(26-17)14-22-11-7-4-8-18(22)24/h4,7-11H,3,5-6,12-15H2,1-2H3,(H,21,25). The highest BCUT2D eigenvalue weighted by molar-refractivity contribution is 5.91. The zero-order chi connectivity index (χ0) is 18.6. The highest BCUT2D eigenvalue weighted by atomic mass is 16.4. The minimum Gasteiger partial charge on any atom is -0.454 e. The van der Waals surface area contributed by atoms with Crippen molar-refractivity contribution in [2.75, 3.05) is 19.6 Å². The lowest BCUT2D eigenvalue weighted by molar-refractivity contribution is 0.0778. The fourth-order valence-electron chi connectivity index (χ4n) is 3.34. The maximum atomic E-state index is 12.4. The summed E-state index contributed by atoms with van der Waals surface area (Å²) in [5, 5.41) is 2.98. The molecule has 0 aliphatic carbocycles. The molecule has 0 spiro atoms. The van der Waals surface area contributed by atoms with Crippen LogP contribution in [0.4, 0.5) is 0 Å². The Bertz CT molecular complexity index is 800. The summed E-state index contributed by atoms with van der Waals surface area (Å²) in [6.07, 6.45) is 5.43. The molecule has 0 bridgehead atoms. The lowest BCUT2D eigenvalue weighted by atomic mass is 9.98. The van der Waals surface area contributed by atoms with Gasteiger partial charge in [0.1, 0.15) is 5.76 Å². The summed E-state index contributed by atoms with van der Waals surface area (Å²) >= 11 is 0. The summed E-state index contributed by atoms with van der Waals surface area (Å²) < 4.78 is 7.17. The van der Waals surface area contributed by atoms with E-state index in [0.29, 0.717) is 18.8 Å². The molecule has 3 rings (SSSR count). The van der Waals surface area contributed by atoms with E-state index in [1.807, 2.05) is 0 Å². The zero-order valence-corrected chi connectivity index (χ0v) is 15.5. The van der Waals surface area contributed by atoms with Crippen LogP contribution < -0.4 is 10.9 Å². The molecule has 6 nitrogen and oxygen atoms in total. The van der Waals surface area contributed by atoms with Gasteiger partial charge in [0, 0.05) is 24.3 Å². The molecule has 1 fully saturated rings. The number of furan rings is 1. The van der Waals surface area contributed by atoms with Crippen molar-refractivity contribution >= 4 is 5.91 Å². The van der Waals surface area contributed by atoms with E-state index in [9.17, 15) is 9.59 Å². The summed E-state index contributed by atoms with van der Waals surface area (Å²) in [6, 6.07) is 8.39. The Hall–Kier alpha value is -2.34. The molecule has 0 unspecified atom stereocenters. The first-order valence-electron chi connectivity index (χ1n) is 9.23. The molecular formula is C20H27N3O3. The first-order chi connectivity index (χ1) is 12.5. The second kappa shape index (κ2) is 7.91. The third kappa shape index (κ3) is 4.43. The fourth-order valence-corrected chi connectivity index (χ4v) is 3.34. The van der Waals surface area contributed by atoms with Crippen molar-refractivity contribution in [1.29, 1.82) is 0 Å². The molecule has 26 heavy (non-hydrogen) atoms. The number of pyridine rings is 1. The van der Waals surface area contributed by atoms with Crippen LogP contribution in [-0.2, 0) is 6.54 Å². The van der Waals surface area contributed by atoms with E-state index in [-0.39, 0.29) is 22.8 Å². The number of likely N-dealkylation sites (tertiary alicyclic amines) is 1. The molecule has 6 heteroatoms. The number of rotatable bonds is 6. The zero-order valence-electron chi connectivity index (χ0n) is 15.5. The van der Waals surface area contributed by atoms with Crippen LogP contribution in [0.2, 0.25) is 0 Å². The van der Waals surface area contributed by atoms with Crippen LogP contribution in [0.15, 0.2) is 45.7 Å². The van der Waals surface area contributed by atoms with Crippen LogP contribution in [0.5, 0.6) is 0 Å². The highest BCUT2D eigenvalue weighted by Crippen LogP contribution is 2.20. The molecular weight excluding hydrogens is 330 g/mol. The average Bonchev–Trinajstić information content (AvgIpc) is 3.11. The molecule has 0 radical (unpaired) electrons. The fraction of sp³-hybridized carbons (Fsp3) is 0.500. The van der Waals surface area contributed by atoms with Crippen LogP contribution in [0.1, 0.15) is 49.4 Å². The quantitative estimate of drug-likeness (QED) is 0.862. The van der Waals surface area contributed by atoms with Crippen molar-refractivity contribution in [2.45, 2.75) is 45.2 Å². The Morgan fingerprint density at radius 3 is 2.65 bits per heavy atom. The lowest BCUT2D eigenvalue weighted by Gasteiger charge is -2.41. The number of hydrogen-bond donors (Lipinski definition) is 1. The molecule has 140 valence electrons. The van der Waals surface area contributed by atoms with Gasteiger partial charge >= 0.3 is 0 Å². The molecule has 0 aromatic carbocycles. The predicted octanol–water partition coefficient (Wildman–Crippen LogP) is 2.48. The molecule has 1 aliphatic rings. The van der Waals surface area contributed by atoms with E-state index >= 15 is 0 Å². The van der Waals surface area contributed by atoms with E-state index in [1.54, 1.807) is 35.0 Å². The summed E-state index contributed by atoms with van der Waals surface area (Å²) in [5.41, 5.74) is -0.179. The van der Waals surface area contributed by atoms with Gasteiger partial charge in [-0.05, 0) is 58.0 Å². The highest BCUT2D eigenvalue weighted by Gasteiger charge is 2.28. The Labute approximate surface area is 153 Å². The molecule has 1 N–H and O–H groups in total. The number of nitrogens with one attached hydrogen (secondary N) is 1. The third-order valence-corrected chi connectivity index (χ3v) is 5.00. The molecule has 3 heterocycles. The average molecular weight is 357 g/mol. The second-order valence-electron chi connectivity index (χ2n) is 7.48. The number of amides is 1. The van der Waals surface area contributed by atoms with Crippen molar-refractivity contribution < 1.29 is 9.21 Å². The number of piperidine rings is 1. The van der Waals surface area contributed by atoms with Gasteiger partial charge in [-0.2, -0.15) is 0 Å². The maximum Gasteiger partial charge on any atom is 0.287 e. The summed E-state index contributed by atoms with van der Waals surface area (Å²) in [7, 11) is 0. The van der Waals surface area contributed by atoms with Gasteiger partial charge in [0.2, 0.25) is 0 Å². The normalized spacial score (nSPS) is 15.8. The third-order valence-electron chi connectivity index (χ3n) is 5.00. The van der Waals surface area contributed by atoms with Crippen molar-refractivity contribution in [1.82, 2.24) is 14.8 Å². The van der Waals surface area contributed by atoms with E-state index in [1.165, 1.54) is 25.3 Å². The van der Waals surface area contributed by atoms with E-state index in [4.69, 9.17) is 4.42 Å². The van der Waals surface area contributed by atoms with Crippen molar-refractivity contribution in [3.8, 4) is 0 Å².